The van der Waals surface area contributed by atoms with Crippen molar-refractivity contribution in [3.63, 3.8) is 0 Å². The second-order valence-electron chi connectivity index (χ2n) is 3.17. The summed E-state index contributed by atoms with van der Waals surface area (Å²) in [5, 5.41) is 15.4. The number of methoxy groups -OCH3 is 1. The number of primary sulfonamides is 1. The van der Waals surface area contributed by atoms with Crippen LogP contribution in [-0.2, 0) is 10.0 Å². The molecule has 13 heteroatoms. The van der Waals surface area contributed by atoms with Crippen LogP contribution in [0.1, 0.15) is 0 Å². The second kappa shape index (κ2) is 5.09. The van der Waals surface area contributed by atoms with Crippen molar-refractivity contribution in [2.24, 2.45) is 5.14 Å². The molecule has 0 spiro atoms. The van der Waals surface area contributed by atoms with Gasteiger partial charge in [0.05, 0.1) is 12.0 Å². The van der Waals surface area contributed by atoms with E-state index in [0.29, 0.717) is 0 Å². The van der Waals surface area contributed by atoms with Crippen molar-refractivity contribution >= 4 is 15.7 Å². The highest BCUT2D eigenvalue weighted by Gasteiger charge is 2.36. The van der Waals surface area contributed by atoms with Gasteiger partial charge < -0.3 is 9.47 Å². The summed E-state index contributed by atoms with van der Waals surface area (Å²) in [6.07, 6.45) is -5.18. The van der Waals surface area contributed by atoms with Crippen molar-refractivity contribution in [1.29, 1.82) is 0 Å². The van der Waals surface area contributed by atoms with Crippen molar-refractivity contribution in [1.82, 2.24) is 4.98 Å². The van der Waals surface area contributed by atoms with Crippen LogP contribution in [0.15, 0.2) is 11.0 Å². The van der Waals surface area contributed by atoms with E-state index in [0.717, 1.165) is 7.11 Å². The number of rotatable bonds is 4. The maximum absolute atomic E-state index is 12.0. The number of pyridine rings is 1. The molecule has 9 nitrogen and oxygen atoms in total. The van der Waals surface area contributed by atoms with Crippen LogP contribution in [0, 0.1) is 10.1 Å². The molecule has 0 atom stereocenters. The predicted octanol–water partition coefficient (Wildman–Crippen LogP) is 0.544. The Morgan fingerprint density at radius 1 is 1.45 bits per heavy atom. The van der Waals surface area contributed by atoms with E-state index in [-0.39, 0.29) is 6.07 Å². The Bertz CT molecular complexity index is 644. The first kappa shape index (κ1) is 15.9. The summed E-state index contributed by atoms with van der Waals surface area (Å²) in [6, 6.07) is 0.184. The third-order valence-electron chi connectivity index (χ3n) is 1.81. The molecular weight excluding hydrogens is 311 g/mol. The van der Waals surface area contributed by atoms with Gasteiger partial charge in [0, 0.05) is 6.07 Å². The van der Waals surface area contributed by atoms with Gasteiger partial charge in [0.25, 0.3) is 5.88 Å². The highest BCUT2D eigenvalue weighted by Crippen LogP contribution is 2.35. The summed E-state index contributed by atoms with van der Waals surface area (Å²) >= 11 is 0. The molecule has 112 valence electrons. The number of sulfonamides is 1. The number of ether oxygens (including phenoxy) is 2. The zero-order valence-corrected chi connectivity index (χ0v) is 10.4. The normalized spacial score (nSPS) is 12.1. The van der Waals surface area contributed by atoms with Crippen LogP contribution in [0.25, 0.3) is 0 Å². The Hall–Kier alpha value is -2.15. The van der Waals surface area contributed by atoms with Gasteiger partial charge in [0.2, 0.25) is 15.9 Å². The second-order valence-corrected chi connectivity index (χ2v) is 4.70. The van der Waals surface area contributed by atoms with Gasteiger partial charge >= 0.3 is 12.0 Å². The number of nitrogens with zero attached hydrogens (tertiary/aromatic N) is 2. The van der Waals surface area contributed by atoms with Crippen LogP contribution in [0.4, 0.5) is 18.9 Å². The van der Waals surface area contributed by atoms with Crippen molar-refractivity contribution in [3.05, 3.63) is 16.2 Å². The van der Waals surface area contributed by atoms with Crippen LogP contribution in [0.3, 0.4) is 0 Å². The van der Waals surface area contributed by atoms with Crippen molar-refractivity contribution < 1.29 is 36.0 Å². The molecule has 0 amide bonds. The lowest BCUT2D eigenvalue weighted by Crippen LogP contribution is -2.20. The van der Waals surface area contributed by atoms with Gasteiger partial charge in [-0.3, -0.25) is 10.1 Å². The van der Waals surface area contributed by atoms with E-state index in [1.54, 1.807) is 0 Å². The van der Waals surface area contributed by atoms with Crippen LogP contribution < -0.4 is 14.6 Å². The molecule has 0 saturated heterocycles. The largest absolute Gasteiger partial charge is 0.574 e. The summed E-state index contributed by atoms with van der Waals surface area (Å²) in [6.45, 7) is 0. The predicted molar refractivity (Wildman–Crippen MR) is 55.5 cm³/mol. The van der Waals surface area contributed by atoms with Gasteiger partial charge in [0.1, 0.15) is 0 Å². The van der Waals surface area contributed by atoms with Crippen LogP contribution >= 0.6 is 0 Å². The van der Waals surface area contributed by atoms with Gasteiger partial charge in [-0.25, -0.2) is 13.6 Å². The van der Waals surface area contributed by atoms with E-state index >= 15 is 0 Å². The maximum atomic E-state index is 12.0. The number of hydrogen-bond donors (Lipinski definition) is 1. The topological polar surface area (TPSA) is 135 Å². The summed E-state index contributed by atoms with van der Waals surface area (Å²) in [5.41, 5.74) is -1.19. The molecular formula is C7H6F3N3O6S. The SMILES string of the molecule is COc1nc(OC(F)(F)F)cc(S(N)(=O)=O)c1[N+](=O)[O-]. The molecule has 0 aliphatic heterocycles. The number of alkyl halides is 3. The summed E-state index contributed by atoms with van der Waals surface area (Å²) in [5.74, 6) is -2.25. The molecule has 1 heterocycles. The molecule has 0 radical (unpaired) electrons. The van der Waals surface area contributed by atoms with Gasteiger partial charge in [-0.05, 0) is 0 Å². The molecule has 0 aliphatic carbocycles. The Balaban J connectivity index is 3.61. The van der Waals surface area contributed by atoms with E-state index in [4.69, 9.17) is 5.14 Å². The first-order chi connectivity index (χ1) is 8.95. The van der Waals surface area contributed by atoms with Gasteiger partial charge in [-0.1, -0.05) is 0 Å². The van der Waals surface area contributed by atoms with E-state index in [1.807, 2.05) is 0 Å². The molecule has 1 aromatic rings. The number of hydrogen-bond acceptors (Lipinski definition) is 7. The van der Waals surface area contributed by atoms with E-state index in [2.05, 4.69) is 14.5 Å². The van der Waals surface area contributed by atoms with Crippen LogP contribution in [0.5, 0.6) is 11.8 Å². The third-order valence-corrected chi connectivity index (χ3v) is 2.73. The first-order valence-corrected chi connectivity index (χ1v) is 6.02. The lowest BCUT2D eigenvalue weighted by atomic mass is 10.4. The summed E-state index contributed by atoms with van der Waals surface area (Å²) in [4.78, 5) is 11.4. The average molecular weight is 317 g/mol. The molecule has 0 aliphatic rings. The van der Waals surface area contributed by atoms with Gasteiger partial charge in [-0.2, -0.15) is 4.98 Å². The lowest BCUT2D eigenvalue weighted by Gasteiger charge is -2.10. The highest BCUT2D eigenvalue weighted by molar-refractivity contribution is 7.89. The van der Waals surface area contributed by atoms with Crippen LogP contribution in [-0.4, -0.2) is 31.8 Å². The number of nitro groups is 1. The quantitative estimate of drug-likeness (QED) is 0.632. The van der Waals surface area contributed by atoms with Crippen molar-refractivity contribution in [2.75, 3.05) is 7.11 Å². The van der Waals surface area contributed by atoms with Crippen molar-refractivity contribution in [3.8, 4) is 11.8 Å². The zero-order chi connectivity index (χ0) is 15.7. The fraction of sp³-hybridized carbons (Fsp3) is 0.286. The van der Waals surface area contributed by atoms with Crippen LogP contribution in [0.2, 0.25) is 0 Å². The minimum atomic E-state index is -5.18. The molecule has 0 aromatic carbocycles. The highest BCUT2D eigenvalue weighted by atomic mass is 32.2. The first-order valence-electron chi connectivity index (χ1n) is 4.47. The van der Waals surface area contributed by atoms with E-state index in [9.17, 15) is 31.7 Å². The maximum Gasteiger partial charge on any atom is 0.574 e. The fourth-order valence-corrected chi connectivity index (χ4v) is 1.87. The van der Waals surface area contributed by atoms with Gasteiger partial charge in [-0.15, -0.1) is 13.2 Å². The lowest BCUT2D eigenvalue weighted by molar-refractivity contribution is -0.389. The fourth-order valence-electron chi connectivity index (χ4n) is 1.17. The van der Waals surface area contributed by atoms with E-state index in [1.165, 1.54) is 0 Å². The zero-order valence-electron chi connectivity index (χ0n) is 9.54. The Kier molecular flexibility index (Phi) is 4.04. The molecule has 0 bridgehead atoms. The van der Waals surface area contributed by atoms with E-state index < -0.39 is 43.7 Å². The third kappa shape index (κ3) is 3.67. The molecule has 0 fully saturated rings. The monoisotopic (exact) mass is 317 g/mol. The minimum absolute atomic E-state index is 0.184. The Morgan fingerprint density at radius 2 is 2.00 bits per heavy atom. The molecule has 2 N–H and O–H groups in total. The summed E-state index contributed by atoms with van der Waals surface area (Å²) < 4.78 is 66.3. The molecule has 0 saturated carbocycles. The number of halogens is 3. The molecule has 0 unspecified atom stereocenters. The Morgan fingerprint density at radius 3 is 2.35 bits per heavy atom. The standard InChI is InChI=1S/C7H6F3N3O6S/c1-18-6-5(13(14)15)3(20(11,16)17)2-4(12-6)19-7(8,9)10/h2H,1H3,(H2,11,16,17). The molecule has 20 heavy (non-hydrogen) atoms. The average Bonchev–Trinajstić information content (AvgIpc) is 2.23. The summed E-state index contributed by atoms with van der Waals surface area (Å²) in [7, 11) is -3.85. The van der Waals surface area contributed by atoms with Crippen molar-refractivity contribution in [2.45, 2.75) is 11.3 Å². The minimum Gasteiger partial charge on any atom is -0.476 e. The number of aromatic nitrogens is 1. The molecule has 1 aromatic heterocycles. The Labute approximate surface area is 109 Å². The number of nitrogens with two attached hydrogens (primary N) is 1. The smallest absolute Gasteiger partial charge is 0.476 e. The van der Waals surface area contributed by atoms with Gasteiger partial charge in [0.15, 0.2) is 4.90 Å². The molecule has 1 rings (SSSR count).